The van der Waals surface area contributed by atoms with Crippen LogP contribution in [0.25, 0.3) is 11.3 Å². The molecule has 37 heavy (non-hydrogen) atoms. The van der Waals surface area contributed by atoms with Crippen molar-refractivity contribution in [2.24, 2.45) is 5.92 Å². The highest BCUT2D eigenvalue weighted by atomic mass is 16.7. The number of anilines is 1. The van der Waals surface area contributed by atoms with Crippen LogP contribution in [0.3, 0.4) is 0 Å². The monoisotopic (exact) mass is 503 g/mol. The van der Waals surface area contributed by atoms with Gasteiger partial charge in [-0.05, 0) is 37.3 Å². The molecule has 1 fully saturated rings. The molecule has 192 valence electrons. The number of benzene rings is 1. The molecule has 0 amide bonds. The van der Waals surface area contributed by atoms with Gasteiger partial charge >= 0.3 is 5.97 Å². The molecule has 0 radical (unpaired) electrons. The van der Waals surface area contributed by atoms with Crippen LogP contribution >= 0.6 is 0 Å². The Kier molecular flexibility index (Phi) is 4.79. The van der Waals surface area contributed by atoms with Crippen LogP contribution in [0.1, 0.15) is 55.5 Å². The van der Waals surface area contributed by atoms with Gasteiger partial charge in [-0.1, -0.05) is 13.8 Å². The van der Waals surface area contributed by atoms with E-state index in [1.165, 1.54) is 0 Å². The fourth-order valence-corrected chi connectivity index (χ4v) is 6.07. The number of nitrogens with zero attached hydrogens (tertiary/aromatic N) is 2. The van der Waals surface area contributed by atoms with Crippen LogP contribution in [0.5, 0.6) is 11.5 Å². The topological polar surface area (TPSA) is 102 Å². The second kappa shape index (κ2) is 7.89. The van der Waals surface area contributed by atoms with Gasteiger partial charge in [0.1, 0.15) is 6.61 Å². The molecule has 7 rings (SSSR count). The fraction of sp³-hybridized carbons (Fsp3) is 0.429. The van der Waals surface area contributed by atoms with E-state index in [1.807, 2.05) is 12.1 Å². The van der Waals surface area contributed by atoms with Crippen molar-refractivity contribution in [3.05, 3.63) is 62.7 Å². The van der Waals surface area contributed by atoms with Crippen molar-refractivity contribution < 1.29 is 24.1 Å². The van der Waals surface area contributed by atoms with Gasteiger partial charge in [0.15, 0.2) is 17.1 Å². The molecule has 9 heteroatoms. The predicted octanol–water partition coefficient (Wildman–Crippen LogP) is 3.15. The summed E-state index contributed by atoms with van der Waals surface area (Å²) in [6, 6.07) is 5.73. The number of hydrogen-bond acceptors (Lipinski definition) is 8. The van der Waals surface area contributed by atoms with Crippen LogP contribution in [0.4, 0.5) is 5.69 Å². The number of aromatic nitrogens is 1. The highest BCUT2D eigenvalue weighted by Gasteiger charge is 2.46. The van der Waals surface area contributed by atoms with E-state index in [0.29, 0.717) is 40.8 Å². The maximum absolute atomic E-state index is 13.7. The van der Waals surface area contributed by atoms with Gasteiger partial charge in [-0.15, -0.1) is 0 Å². The number of hydrogen-bond donors (Lipinski definition) is 2. The molecule has 0 aliphatic carbocycles. The normalized spacial score (nSPS) is 24.9. The molecule has 2 aromatic rings. The summed E-state index contributed by atoms with van der Waals surface area (Å²) in [5.41, 5.74) is 3.95. The number of ether oxygens (including phenoxy) is 3. The van der Waals surface area contributed by atoms with Crippen molar-refractivity contribution in [2.75, 3.05) is 25.2 Å². The largest absolute Gasteiger partial charge is 0.458 e. The highest BCUT2D eigenvalue weighted by Crippen LogP contribution is 2.49. The van der Waals surface area contributed by atoms with Gasteiger partial charge in [-0.2, -0.15) is 0 Å². The Morgan fingerprint density at radius 1 is 1.14 bits per heavy atom. The lowest BCUT2D eigenvalue weighted by molar-refractivity contribution is -0.172. The lowest BCUT2D eigenvalue weighted by Gasteiger charge is -2.32. The molecule has 9 nitrogen and oxygen atoms in total. The third kappa shape index (κ3) is 3.19. The Labute approximate surface area is 213 Å². The van der Waals surface area contributed by atoms with Gasteiger partial charge in [-0.3, -0.25) is 4.79 Å². The molecule has 5 aliphatic rings. The van der Waals surface area contributed by atoms with E-state index in [0.717, 1.165) is 54.0 Å². The zero-order valence-corrected chi connectivity index (χ0v) is 20.9. The van der Waals surface area contributed by atoms with E-state index in [4.69, 9.17) is 14.2 Å². The van der Waals surface area contributed by atoms with Crippen LogP contribution in [0.15, 0.2) is 34.8 Å². The number of rotatable bonds is 2. The minimum Gasteiger partial charge on any atom is -0.458 e. The summed E-state index contributed by atoms with van der Waals surface area (Å²) in [5, 5.41) is 14.7. The lowest BCUT2D eigenvalue weighted by Crippen LogP contribution is -2.44. The van der Waals surface area contributed by atoms with E-state index in [-0.39, 0.29) is 25.4 Å². The summed E-state index contributed by atoms with van der Waals surface area (Å²) in [6.45, 7) is 6.39. The van der Waals surface area contributed by atoms with E-state index in [1.54, 1.807) is 17.6 Å². The summed E-state index contributed by atoms with van der Waals surface area (Å²) >= 11 is 0. The number of esters is 1. The number of fused-ring (bicyclic) bond motifs is 5. The lowest BCUT2D eigenvalue weighted by atomic mass is 9.85. The van der Waals surface area contributed by atoms with E-state index < -0.39 is 11.6 Å². The molecule has 6 heterocycles. The Hall–Kier alpha value is -3.72. The van der Waals surface area contributed by atoms with Crippen molar-refractivity contribution in [3.63, 3.8) is 0 Å². The number of nitrogens with one attached hydrogen (secondary N) is 1. The van der Waals surface area contributed by atoms with E-state index >= 15 is 0 Å². The number of aliphatic hydroxyl groups is 1. The predicted molar refractivity (Wildman–Crippen MR) is 136 cm³/mol. The second-order valence-electron chi connectivity index (χ2n) is 10.6. The summed E-state index contributed by atoms with van der Waals surface area (Å²) in [5.74, 6) is 1.37. The minimum atomic E-state index is -1.84. The molecular weight excluding hydrogens is 474 g/mol. The summed E-state index contributed by atoms with van der Waals surface area (Å²) in [6.07, 6.45) is 4.61. The molecule has 1 saturated heterocycles. The Bertz CT molecular complexity index is 1480. The molecule has 5 aliphatic heterocycles. The number of likely N-dealkylation sites (tertiary alicyclic amines) is 1. The quantitative estimate of drug-likeness (QED) is 0.603. The number of allylic oxidation sites excluding steroid dienone is 2. The molecule has 2 N–H and O–H groups in total. The van der Waals surface area contributed by atoms with Gasteiger partial charge in [-0.25, -0.2) is 4.79 Å². The van der Waals surface area contributed by atoms with Crippen LogP contribution in [-0.2, 0) is 28.3 Å². The minimum absolute atomic E-state index is 0.117. The molecular formula is C28H29N3O6. The first-order valence-electron chi connectivity index (χ1n) is 12.9. The third-order valence-electron chi connectivity index (χ3n) is 8.43. The van der Waals surface area contributed by atoms with Crippen LogP contribution in [0.2, 0.25) is 0 Å². The van der Waals surface area contributed by atoms with E-state index in [2.05, 4.69) is 23.3 Å². The van der Waals surface area contributed by atoms with Crippen LogP contribution in [0, 0.1) is 5.92 Å². The average molecular weight is 504 g/mol. The smallest absolute Gasteiger partial charge is 0.343 e. The standard InChI is InChI=1S/C28H29N3O6/c1-3-28(34)20-9-22-25-18(12-31(22)26(32)19(20)13-35-27(28)33)17(11-30-6-4-15(2)5-7-30)16-8-23-24(37-14-36-23)10-21(16)29-25/h8-11,15,29,34H,3-7,12-14H2,1-2H3/b17-11+/t28-/m0/s1. The number of piperidine rings is 1. The van der Waals surface area contributed by atoms with Crippen LogP contribution < -0.4 is 20.3 Å². The van der Waals surface area contributed by atoms with Crippen molar-refractivity contribution in [1.29, 1.82) is 0 Å². The summed E-state index contributed by atoms with van der Waals surface area (Å²) in [4.78, 5) is 28.5. The molecule has 1 atom stereocenters. The summed E-state index contributed by atoms with van der Waals surface area (Å²) < 4.78 is 18.3. The maximum Gasteiger partial charge on any atom is 0.343 e. The zero-order chi connectivity index (χ0) is 25.5. The zero-order valence-electron chi connectivity index (χ0n) is 20.9. The molecule has 0 bridgehead atoms. The van der Waals surface area contributed by atoms with Gasteiger partial charge < -0.3 is 34.1 Å². The first-order valence-corrected chi connectivity index (χ1v) is 12.9. The van der Waals surface area contributed by atoms with Crippen molar-refractivity contribution >= 4 is 22.9 Å². The molecule has 0 spiro atoms. The van der Waals surface area contributed by atoms with Crippen molar-refractivity contribution in [2.45, 2.75) is 51.9 Å². The Morgan fingerprint density at radius 3 is 2.65 bits per heavy atom. The third-order valence-corrected chi connectivity index (χ3v) is 8.43. The Morgan fingerprint density at radius 2 is 1.89 bits per heavy atom. The SMILES string of the molecule is CC[C@@]1(O)C(=O)OCc2c1cc1n(c2=O)CC2=C1Nc1cc3c(cc1/C2=C\N1CCC(C)CC1)OCO3. The average Bonchev–Trinajstić information content (AvgIpc) is 3.51. The maximum atomic E-state index is 13.7. The molecule has 1 aromatic heterocycles. The van der Waals surface area contributed by atoms with Gasteiger partial charge in [0, 0.05) is 47.6 Å². The number of carbonyl (C=O) groups excluding carboxylic acids is 1. The molecule has 0 unspecified atom stereocenters. The molecule has 0 saturated carbocycles. The first-order chi connectivity index (χ1) is 17.9. The van der Waals surface area contributed by atoms with Gasteiger partial charge in [0.2, 0.25) is 6.79 Å². The van der Waals surface area contributed by atoms with E-state index in [9.17, 15) is 14.7 Å². The number of carbonyl (C=O) groups is 1. The van der Waals surface area contributed by atoms with Gasteiger partial charge in [0.05, 0.1) is 29.2 Å². The first kappa shape index (κ1) is 22.5. The van der Waals surface area contributed by atoms with Crippen molar-refractivity contribution in [1.82, 2.24) is 9.47 Å². The highest BCUT2D eigenvalue weighted by molar-refractivity contribution is 6.03. The van der Waals surface area contributed by atoms with Crippen LogP contribution in [-0.4, -0.2) is 40.4 Å². The number of cyclic esters (lactones) is 1. The summed E-state index contributed by atoms with van der Waals surface area (Å²) in [7, 11) is 0. The van der Waals surface area contributed by atoms with Gasteiger partial charge in [0.25, 0.3) is 5.56 Å². The fourth-order valence-electron chi connectivity index (χ4n) is 6.07. The Balaban J connectivity index is 1.40. The number of pyridine rings is 1. The molecule has 1 aromatic carbocycles. The second-order valence-corrected chi connectivity index (χ2v) is 10.6. The van der Waals surface area contributed by atoms with Crippen molar-refractivity contribution in [3.8, 4) is 11.5 Å².